The Labute approximate surface area is 106 Å². The zero-order valence-corrected chi connectivity index (χ0v) is 10.9. The number of carbonyl (C=O) groups excluding carboxylic acids is 1. The Kier molecular flexibility index (Phi) is 4.76. The van der Waals surface area contributed by atoms with Gasteiger partial charge in [0.1, 0.15) is 0 Å². The van der Waals surface area contributed by atoms with Gasteiger partial charge in [0.25, 0.3) is 5.91 Å². The third-order valence-electron chi connectivity index (χ3n) is 2.99. The topological polar surface area (TPSA) is 109 Å². The minimum Gasteiger partial charge on any atom is -0.394 e. The van der Waals surface area contributed by atoms with E-state index in [0.717, 1.165) is 0 Å². The molecule has 1 heterocycles. The second-order valence-electron chi connectivity index (χ2n) is 4.73. The van der Waals surface area contributed by atoms with E-state index in [0.29, 0.717) is 13.1 Å². The molecule has 0 saturated heterocycles. The number of hydrazine groups is 1. The van der Waals surface area contributed by atoms with Gasteiger partial charge in [0.05, 0.1) is 19.3 Å². The first-order valence-corrected chi connectivity index (χ1v) is 5.64. The zero-order chi connectivity index (χ0) is 13.8. The van der Waals surface area contributed by atoms with Crippen molar-refractivity contribution < 1.29 is 9.90 Å². The molecule has 0 radical (unpaired) electrons. The summed E-state index contributed by atoms with van der Waals surface area (Å²) in [6, 6.07) is 0. The molecule has 4 N–H and O–H groups in total. The first-order valence-electron chi connectivity index (χ1n) is 5.64. The summed E-state index contributed by atoms with van der Waals surface area (Å²) >= 11 is 0. The van der Waals surface area contributed by atoms with E-state index < -0.39 is 5.91 Å². The monoisotopic (exact) mass is 256 g/mol. The van der Waals surface area contributed by atoms with Gasteiger partial charge in [-0.1, -0.05) is 5.21 Å². The van der Waals surface area contributed by atoms with Crippen LogP contribution >= 0.6 is 0 Å². The van der Waals surface area contributed by atoms with Crippen molar-refractivity contribution in [2.75, 3.05) is 20.2 Å². The van der Waals surface area contributed by atoms with Crippen molar-refractivity contribution in [2.45, 2.75) is 25.9 Å². The fraction of sp³-hybridized carbons (Fsp3) is 0.700. The van der Waals surface area contributed by atoms with E-state index in [1.807, 2.05) is 31.2 Å². The molecule has 0 fully saturated rings. The Bertz CT molecular complexity index is 403. The van der Waals surface area contributed by atoms with Gasteiger partial charge in [-0.3, -0.25) is 19.8 Å². The van der Waals surface area contributed by atoms with Gasteiger partial charge in [0.2, 0.25) is 0 Å². The van der Waals surface area contributed by atoms with Crippen LogP contribution in [0.4, 0.5) is 0 Å². The van der Waals surface area contributed by atoms with Gasteiger partial charge in [-0.05, 0) is 20.9 Å². The molecule has 8 nitrogen and oxygen atoms in total. The molecule has 1 aromatic heterocycles. The van der Waals surface area contributed by atoms with Gasteiger partial charge < -0.3 is 5.11 Å². The Morgan fingerprint density at radius 1 is 1.67 bits per heavy atom. The van der Waals surface area contributed by atoms with Crippen molar-refractivity contribution in [3.05, 3.63) is 11.9 Å². The summed E-state index contributed by atoms with van der Waals surface area (Å²) in [6.45, 7) is 5.22. The second-order valence-corrected chi connectivity index (χ2v) is 4.73. The largest absolute Gasteiger partial charge is 0.394 e. The molecule has 0 saturated carbocycles. The molecular weight excluding hydrogens is 236 g/mol. The van der Waals surface area contributed by atoms with Crippen LogP contribution in [0.2, 0.25) is 0 Å². The van der Waals surface area contributed by atoms with Crippen LogP contribution in [0.1, 0.15) is 24.3 Å². The number of aliphatic hydroxyl groups excluding tert-OH is 1. The number of aliphatic hydroxyl groups is 1. The van der Waals surface area contributed by atoms with Crippen molar-refractivity contribution in [3.8, 4) is 0 Å². The standard InChI is InChI=1S/C10H20N6O2/c1-10(2,7-17)15(3)4-5-16-6-8(13-14-16)9(18)12-11/h6,17H,4-5,7,11H2,1-3H3,(H,12,18). The molecule has 8 heteroatoms. The highest BCUT2D eigenvalue weighted by molar-refractivity contribution is 5.91. The lowest BCUT2D eigenvalue weighted by atomic mass is 10.1. The van der Waals surface area contributed by atoms with Crippen LogP contribution < -0.4 is 11.3 Å². The quantitative estimate of drug-likeness (QED) is 0.327. The van der Waals surface area contributed by atoms with Crippen molar-refractivity contribution in [2.24, 2.45) is 5.84 Å². The third-order valence-corrected chi connectivity index (χ3v) is 2.99. The fourth-order valence-electron chi connectivity index (χ4n) is 1.26. The van der Waals surface area contributed by atoms with Crippen molar-refractivity contribution in [1.82, 2.24) is 25.3 Å². The molecule has 0 aliphatic heterocycles. The zero-order valence-electron chi connectivity index (χ0n) is 10.9. The van der Waals surface area contributed by atoms with Crippen LogP contribution in [-0.2, 0) is 6.54 Å². The van der Waals surface area contributed by atoms with Crippen LogP contribution in [0.3, 0.4) is 0 Å². The number of nitrogen functional groups attached to an aromatic ring is 1. The maximum Gasteiger partial charge on any atom is 0.287 e. The van der Waals surface area contributed by atoms with Gasteiger partial charge in [0, 0.05) is 12.1 Å². The molecular formula is C10H20N6O2. The third kappa shape index (κ3) is 3.49. The van der Waals surface area contributed by atoms with E-state index in [1.165, 1.54) is 6.20 Å². The molecule has 1 aromatic rings. The Balaban J connectivity index is 2.54. The normalized spacial score (nSPS) is 11.9. The smallest absolute Gasteiger partial charge is 0.287 e. The molecule has 0 spiro atoms. The number of hydrogen-bond acceptors (Lipinski definition) is 6. The van der Waals surface area contributed by atoms with E-state index in [-0.39, 0.29) is 17.8 Å². The number of amides is 1. The number of nitrogens with two attached hydrogens (primary N) is 1. The van der Waals surface area contributed by atoms with Crippen LogP contribution in [0.15, 0.2) is 6.20 Å². The predicted octanol–water partition coefficient (Wildman–Crippen LogP) is -1.42. The van der Waals surface area contributed by atoms with Gasteiger partial charge in [-0.25, -0.2) is 5.84 Å². The molecule has 102 valence electrons. The highest BCUT2D eigenvalue weighted by Crippen LogP contribution is 2.10. The van der Waals surface area contributed by atoms with Crippen LogP contribution in [-0.4, -0.2) is 56.6 Å². The highest BCUT2D eigenvalue weighted by Gasteiger charge is 2.22. The Hall–Kier alpha value is -1.51. The molecule has 18 heavy (non-hydrogen) atoms. The number of aromatic nitrogens is 3. The second kappa shape index (κ2) is 5.89. The van der Waals surface area contributed by atoms with Crippen LogP contribution in [0, 0.1) is 0 Å². The summed E-state index contributed by atoms with van der Waals surface area (Å²) in [7, 11) is 1.92. The lowest BCUT2D eigenvalue weighted by molar-refractivity contribution is 0.0754. The first-order chi connectivity index (χ1) is 8.40. The summed E-state index contributed by atoms with van der Waals surface area (Å²) in [5.74, 6) is 4.53. The molecule has 0 atom stereocenters. The van der Waals surface area contributed by atoms with E-state index in [9.17, 15) is 9.90 Å². The lowest BCUT2D eigenvalue weighted by Gasteiger charge is -2.33. The summed E-state index contributed by atoms with van der Waals surface area (Å²) in [6.07, 6.45) is 1.53. The maximum absolute atomic E-state index is 11.2. The number of nitrogens with one attached hydrogen (secondary N) is 1. The summed E-state index contributed by atoms with van der Waals surface area (Å²) in [5.41, 5.74) is 1.88. The summed E-state index contributed by atoms with van der Waals surface area (Å²) in [5, 5.41) is 16.8. The average Bonchev–Trinajstić information content (AvgIpc) is 2.83. The van der Waals surface area contributed by atoms with Gasteiger partial charge >= 0.3 is 0 Å². The first kappa shape index (κ1) is 14.6. The molecule has 0 aromatic carbocycles. The van der Waals surface area contributed by atoms with Crippen LogP contribution in [0.25, 0.3) is 0 Å². The van der Waals surface area contributed by atoms with Gasteiger partial charge in [-0.15, -0.1) is 5.10 Å². The average molecular weight is 256 g/mol. The lowest BCUT2D eigenvalue weighted by Crippen LogP contribution is -2.45. The SMILES string of the molecule is CN(CCn1cc(C(=O)NN)nn1)C(C)(C)CO. The minimum absolute atomic E-state index is 0.0711. The number of carbonyl (C=O) groups is 1. The van der Waals surface area contributed by atoms with Crippen molar-refractivity contribution in [1.29, 1.82) is 0 Å². The number of likely N-dealkylation sites (N-methyl/N-ethyl adjacent to an activating group) is 1. The summed E-state index contributed by atoms with van der Waals surface area (Å²) in [4.78, 5) is 13.2. The van der Waals surface area contributed by atoms with Crippen LogP contribution in [0.5, 0.6) is 0 Å². The predicted molar refractivity (Wildman–Crippen MR) is 65.5 cm³/mol. The molecule has 0 unspecified atom stereocenters. The van der Waals surface area contributed by atoms with Crippen molar-refractivity contribution in [3.63, 3.8) is 0 Å². The number of rotatable bonds is 6. The molecule has 1 amide bonds. The van der Waals surface area contributed by atoms with E-state index >= 15 is 0 Å². The van der Waals surface area contributed by atoms with E-state index in [2.05, 4.69) is 10.3 Å². The maximum atomic E-state index is 11.2. The summed E-state index contributed by atoms with van der Waals surface area (Å²) < 4.78 is 1.56. The molecule has 0 aliphatic carbocycles. The van der Waals surface area contributed by atoms with E-state index in [1.54, 1.807) is 4.68 Å². The molecule has 0 aliphatic rings. The van der Waals surface area contributed by atoms with Gasteiger partial charge in [0.15, 0.2) is 5.69 Å². The molecule has 1 rings (SSSR count). The Morgan fingerprint density at radius 3 is 2.89 bits per heavy atom. The van der Waals surface area contributed by atoms with Gasteiger partial charge in [-0.2, -0.15) is 0 Å². The fourth-order valence-corrected chi connectivity index (χ4v) is 1.26. The Morgan fingerprint density at radius 2 is 2.33 bits per heavy atom. The minimum atomic E-state index is -0.467. The highest BCUT2D eigenvalue weighted by atomic mass is 16.3. The van der Waals surface area contributed by atoms with Crippen molar-refractivity contribution >= 4 is 5.91 Å². The molecule has 0 bridgehead atoms. The van der Waals surface area contributed by atoms with E-state index in [4.69, 9.17) is 5.84 Å². The number of nitrogens with zero attached hydrogens (tertiary/aromatic N) is 4. The number of hydrogen-bond donors (Lipinski definition) is 3.